The highest BCUT2D eigenvalue weighted by molar-refractivity contribution is 7.99. The van der Waals surface area contributed by atoms with E-state index in [4.69, 9.17) is 0 Å². The summed E-state index contributed by atoms with van der Waals surface area (Å²) in [5.41, 5.74) is 0.353. The first-order valence-electron chi connectivity index (χ1n) is 10.7. The number of hydrogen-bond donors (Lipinski definition) is 1. The van der Waals surface area contributed by atoms with Gasteiger partial charge in [-0.15, -0.1) is 0 Å². The molecule has 1 amide bonds. The molecule has 7 heteroatoms. The molecule has 2 heterocycles. The van der Waals surface area contributed by atoms with Crippen molar-refractivity contribution in [1.82, 2.24) is 19.9 Å². The van der Waals surface area contributed by atoms with Gasteiger partial charge in [0.05, 0.1) is 11.1 Å². The van der Waals surface area contributed by atoms with Crippen molar-refractivity contribution < 1.29 is 4.79 Å². The molecule has 0 radical (unpaired) electrons. The van der Waals surface area contributed by atoms with Gasteiger partial charge >= 0.3 is 0 Å². The van der Waals surface area contributed by atoms with Crippen molar-refractivity contribution in [3.05, 3.63) is 28.7 Å². The third-order valence-electron chi connectivity index (χ3n) is 6.40. The molecule has 0 aromatic carbocycles. The monoisotopic (exact) mass is 414 g/mol. The number of nitrogens with zero attached hydrogens (tertiary/aromatic N) is 3. The normalized spacial score (nSPS) is 24.3. The lowest BCUT2D eigenvalue weighted by molar-refractivity contribution is -0.119. The van der Waals surface area contributed by atoms with E-state index in [-0.39, 0.29) is 23.3 Å². The molecule has 0 aliphatic heterocycles. The predicted octanol–water partition coefficient (Wildman–Crippen LogP) is 3.48. The van der Waals surface area contributed by atoms with Crippen LogP contribution in [0.1, 0.15) is 46.5 Å². The average Bonchev–Trinajstić information content (AvgIpc) is 3.32. The molecule has 2 bridgehead atoms. The van der Waals surface area contributed by atoms with E-state index in [0.717, 1.165) is 11.8 Å². The van der Waals surface area contributed by atoms with E-state index in [1.807, 2.05) is 0 Å². The number of thioether (sulfide) groups is 1. The van der Waals surface area contributed by atoms with Crippen molar-refractivity contribution in [2.75, 3.05) is 5.75 Å². The average molecular weight is 415 g/mol. The third kappa shape index (κ3) is 4.34. The summed E-state index contributed by atoms with van der Waals surface area (Å²) < 4.78 is 1.69. The van der Waals surface area contributed by atoms with E-state index in [0.29, 0.717) is 34.6 Å². The number of hydrogen-bond acceptors (Lipinski definition) is 5. The van der Waals surface area contributed by atoms with Crippen molar-refractivity contribution in [2.24, 2.45) is 23.7 Å². The van der Waals surface area contributed by atoms with Gasteiger partial charge in [-0.05, 0) is 62.0 Å². The molecule has 2 aromatic rings. The second kappa shape index (κ2) is 8.46. The first-order chi connectivity index (χ1) is 13.9. The molecule has 2 aliphatic carbocycles. The fourth-order valence-electron chi connectivity index (χ4n) is 5.11. The van der Waals surface area contributed by atoms with Gasteiger partial charge in [0, 0.05) is 18.8 Å². The molecular weight excluding hydrogens is 384 g/mol. The summed E-state index contributed by atoms with van der Waals surface area (Å²) in [6, 6.07) is 3.72. The van der Waals surface area contributed by atoms with Gasteiger partial charge in [0.15, 0.2) is 10.8 Å². The first-order valence-corrected chi connectivity index (χ1v) is 11.7. The van der Waals surface area contributed by atoms with E-state index < -0.39 is 0 Å². The minimum absolute atomic E-state index is 0.0109. The van der Waals surface area contributed by atoms with Gasteiger partial charge in [0.2, 0.25) is 5.91 Å². The smallest absolute Gasteiger partial charge is 0.263 e. The zero-order valence-electron chi connectivity index (χ0n) is 17.4. The largest absolute Gasteiger partial charge is 0.353 e. The van der Waals surface area contributed by atoms with Crippen LogP contribution in [0.4, 0.5) is 0 Å². The van der Waals surface area contributed by atoms with Crippen LogP contribution in [0.3, 0.4) is 0 Å². The molecule has 2 aromatic heterocycles. The summed E-state index contributed by atoms with van der Waals surface area (Å²) in [7, 11) is 0. The topological polar surface area (TPSA) is 76.9 Å². The zero-order valence-corrected chi connectivity index (χ0v) is 18.2. The Morgan fingerprint density at radius 3 is 2.83 bits per heavy atom. The Bertz CT molecular complexity index is 957. The zero-order chi connectivity index (χ0) is 20.5. The van der Waals surface area contributed by atoms with Gasteiger partial charge in [-0.2, -0.15) is 0 Å². The summed E-state index contributed by atoms with van der Waals surface area (Å²) in [5.74, 6) is 2.84. The van der Waals surface area contributed by atoms with Gasteiger partial charge in [-0.3, -0.25) is 14.2 Å². The van der Waals surface area contributed by atoms with Gasteiger partial charge in [0.1, 0.15) is 0 Å². The number of carbonyl (C=O) groups is 1. The Kier molecular flexibility index (Phi) is 5.95. The number of carbonyl (C=O) groups excluding carboxylic acids is 1. The van der Waals surface area contributed by atoms with E-state index in [1.165, 1.54) is 37.4 Å². The van der Waals surface area contributed by atoms with Gasteiger partial charge < -0.3 is 5.32 Å². The molecule has 0 saturated heterocycles. The highest BCUT2D eigenvalue weighted by Gasteiger charge is 2.42. The lowest BCUT2D eigenvalue weighted by atomic mass is 9.84. The highest BCUT2D eigenvalue weighted by atomic mass is 32.2. The Morgan fingerprint density at radius 1 is 1.31 bits per heavy atom. The number of fused-ring (bicyclic) bond motifs is 3. The van der Waals surface area contributed by atoms with Gasteiger partial charge in [-0.25, -0.2) is 9.97 Å². The SMILES string of the molecule is CC(C)Cn1c(SCC(=O)N[C@H](C)[C@H]2C[C@H]3CC[C@H]2C3)nc2ncccc2c1=O. The van der Waals surface area contributed by atoms with E-state index >= 15 is 0 Å². The van der Waals surface area contributed by atoms with Gasteiger partial charge in [-0.1, -0.05) is 32.0 Å². The fraction of sp³-hybridized carbons (Fsp3) is 0.636. The van der Waals surface area contributed by atoms with Crippen LogP contribution in [0, 0.1) is 23.7 Å². The van der Waals surface area contributed by atoms with Crippen molar-refractivity contribution in [1.29, 1.82) is 0 Å². The van der Waals surface area contributed by atoms with Crippen molar-refractivity contribution in [2.45, 2.75) is 64.2 Å². The summed E-state index contributed by atoms with van der Waals surface area (Å²) in [6.07, 6.45) is 6.92. The Balaban J connectivity index is 1.45. The van der Waals surface area contributed by atoms with Crippen LogP contribution in [0.5, 0.6) is 0 Å². The minimum Gasteiger partial charge on any atom is -0.353 e. The Morgan fingerprint density at radius 2 is 2.14 bits per heavy atom. The second-order valence-corrected chi connectivity index (χ2v) is 10.0. The van der Waals surface area contributed by atoms with E-state index in [1.54, 1.807) is 22.9 Å². The predicted molar refractivity (Wildman–Crippen MR) is 116 cm³/mol. The highest BCUT2D eigenvalue weighted by Crippen LogP contribution is 2.49. The van der Waals surface area contributed by atoms with Crippen LogP contribution >= 0.6 is 11.8 Å². The van der Waals surface area contributed by atoms with Gasteiger partial charge in [0.25, 0.3) is 5.56 Å². The molecular formula is C22H30N4O2S. The first kappa shape index (κ1) is 20.4. The quantitative estimate of drug-likeness (QED) is 0.554. The van der Waals surface area contributed by atoms with Crippen LogP contribution < -0.4 is 10.9 Å². The molecule has 0 unspecified atom stereocenters. The summed E-state index contributed by atoms with van der Waals surface area (Å²) in [4.78, 5) is 34.4. The molecule has 2 fully saturated rings. The molecule has 0 spiro atoms. The number of amides is 1. The lowest BCUT2D eigenvalue weighted by Gasteiger charge is -2.28. The van der Waals surface area contributed by atoms with Crippen LogP contribution in [-0.4, -0.2) is 32.2 Å². The maximum Gasteiger partial charge on any atom is 0.263 e. The molecule has 6 nitrogen and oxygen atoms in total. The van der Waals surface area contributed by atoms with Crippen molar-refractivity contribution >= 4 is 28.7 Å². The molecule has 1 N–H and O–H groups in total. The summed E-state index contributed by atoms with van der Waals surface area (Å²) in [5, 5.41) is 4.29. The van der Waals surface area contributed by atoms with E-state index in [2.05, 4.69) is 36.1 Å². The van der Waals surface area contributed by atoms with Crippen LogP contribution in [0.25, 0.3) is 11.0 Å². The fourth-order valence-corrected chi connectivity index (χ4v) is 5.92. The van der Waals surface area contributed by atoms with Crippen LogP contribution in [0.2, 0.25) is 0 Å². The Hall–Kier alpha value is -1.89. The molecule has 29 heavy (non-hydrogen) atoms. The third-order valence-corrected chi connectivity index (χ3v) is 7.37. The molecule has 2 saturated carbocycles. The Labute approximate surface area is 175 Å². The van der Waals surface area contributed by atoms with Crippen LogP contribution in [-0.2, 0) is 11.3 Å². The molecule has 156 valence electrons. The van der Waals surface area contributed by atoms with Crippen molar-refractivity contribution in [3.63, 3.8) is 0 Å². The lowest BCUT2D eigenvalue weighted by Crippen LogP contribution is -2.41. The molecule has 4 atom stereocenters. The summed E-state index contributed by atoms with van der Waals surface area (Å²) >= 11 is 1.33. The van der Waals surface area contributed by atoms with Crippen molar-refractivity contribution in [3.8, 4) is 0 Å². The van der Waals surface area contributed by atoms with Crippen LogP contribution in [0.15, 0.2) is 28.3 Å². The number of aromatic nitrogens is 3. The number of pyridine rings is 1. The second-order valence-electron chi connectivity index (χ2n) is 9.06. The molecule has 4 rings (SSSR count). The number of nitrogens with one attached hydrogen (secondary N) is 1. The standard InChI is InChI=1S/C22H30N4O2S/c1-13(2)11-26-21(28)17-5-4-8-23-20(17)25-22(26)29-12-19(27)24-14(3)18-10-15-6-7-16(18)9-15/h4-5,8,13-16,18H,6-7,9-12H2,1-3H3,(H,24,27)/t14-,15+,16+,18-/m1/s1. The maximum atomic E-state index is 12.9. The minimum atomic E-state index is -0.0879. The molecule has 2 aliphatic rings. The summed E-state index contributed by atoms with van der Waals surface area (Å²) in [6.45, 7) is 6.85. The number of rotatable bonds is 7. The van der Waals surface area contributed by atoms with E-state index in [9.17, 15) is 9.59 Å². The maximum absolute atomic E-state index is 12.9.